The van der Waals surface area contributed by atoms with Gasteiger partial charge in [0.25, 0.3) is 11.2 Å². The van der Waals surface area contributed by atoms with Crippen molar-refractivity contribution in [3.8, 4) is 0 Å². The molecule has 0 saturated carbocycles. The Morgan fingerprint density at radius 3 is 2.60 bits per heavy atom. The fourth-order valence-corrected chi connectivity index (χ4v) is 1.66. The van der Waals surface area contributed by atoms with Crippen LogP contribution in [0.25, 0.3) is 0 Å². The SMILES string of the molecule is Cc1csc(C(O[N+](=O)[O-])C(F)(F)F)n1. The van der Waals surface area contributed by atoms with Crippen LogP contribution in [0.2, 0.25) is 0 Å². The van der Waals surface area contributed by atoms with Gasteiger partial charge in [-0.3, -0.25) is 4.84 Å². The van der Waals surface area contributed by atoms with Gasteiger partial charge in [-0.1, -0.05) is 0 Å². The van der Waals surface area contributed by atoms with E-state index < -0.39 is 22.4 Å². The lowest BCUT2D eigenvalue weighted by molar-refractivity contribution is -0.778. The normalized spacial score (nSPS) is 13.6. The Kier molecular flexibility index (Phi) is 3.12. The topological polar surface area (TPSA) is 65.3 Å². The third-order valence-electron chi connectivity index (χ3n) is 1.35. The standard InChI is InChI=1S/C6H5F3N2O3S/c1-3-2-15-5(10-3)4(6(7,8)9)14-11(12)13/h2,4H,1H3. The van der Waals surface area contributed by atoms with Crippen molar-refractivity contribution in [2.45, 2.75) is 19.2 Å². The Hall–Kier alpha value is -1.38. The van der Waals surface area contributed by atoms with Crippen LogP contribution < -0.4 is 0 Å². The average Bonchev–Trinajstić information content (AvgIpc) is 2.45. The van der Waals surface area contributed by atoms with Crippen LogP contribution in [-0.2, 0) is 4.84 Å². The smallest absolute Gasteiger partial charge is 0.293 e. The molecule has 0 fully saturated rings. The van der Waals surface area contributed by atoms with Crippen LogP contribution in [0.1, 0.15) is 16.8 Å². The summed E-state index contributed by atoms with van der Waals surface area (Å²) in [4.78, 5) is 17.0. The molecule has 1 rings (SSSR count). The second-order valence-electron chi connectivity index (χ2n) is 2.58. The second kappa shape index (κ2) is 4.01. The highest BCUT2D eigenvalue weighted by atomic mass is 32.1. The molecule has 0 spiro atoms. The number of aryl methyl sites for hydroxylation is 1. The van der Waals surface area contributed by atoms with Crippen molar-refractivity contribution in [2.24, 2.45) is 0 Å². The van der Waals surface area contributed by atoms with Crippen LogP contribution in [0.15, 0.2) is 5.38 Å². The Balaban J connectivity index is 2.96. The molecule has 1 unspecified atom stereocenters. The first-order valence-corrected chi connectivity index (χ1v) is 4.48. The zero-order valence-corrected chi connectivity index (χ0v) is 8.13. The molecule has 0 radical (unpaired) electrons. The first kappa shape index (κ1) is 11.7. The molecule has 9 heteroatoms. The quantitative estimate of drug-likeness (QED) is 0.602. The molecule has 1 aromatic heterocycles. The van der Waals surface area contributed by atoms with Crippen LogP contribution in [0.5, 0.6) is 0 Å². The highest BCUT2D eigenvalue weighted by Crippen LogP contribution is 2.37. The molecule has 0 saturated heterocycles. The van der Waals surface area contributed by atoms with Gasteiger partial charge >= 0.3 is 6.18 Å². The van der Waals surface area contributed by atoms with E-state index in [2.05, 4.69) is 9.82 Å². The number of halogens is 3. The molecule has 15 heavy (non-hydrogen) atoms. The Morgan fingerprint density at radius 1 is 1.67 bits per heavy atom. The predicted octanol–water partition coefficient (Wildman–Crippen LogP) is 2.26. The Labute approximate surface area is 85.6 Å². The maximum absolute atomic E-state index is 12.3. The zero-order valence-electron chi connectivity index (χ0n) is 7.32. The van der Waals surface area contributed by atoms with E-state index in [-0.39, 0.29) is 0 Å². The first-order valence-electron chi connectivity index (χ1n) is 3.60. The maximum atomic E-state index is 12.3. The summed E-state index contributed by atoms with van der Waals surface area (Å²) in [7, 11) is 0. The lowest BCUT2D eigenvalue weighted by Crippen LogP contribution is -2.25. The summed E-state index contributed by atoms with van der Waals surface area (Å²) in [6.07, 6.45) is -7.46. The molecule has 0 bridgehead atoms. The molecule has 84 valence electrons. The van der Waals surface area contributed by atoms with Crippen molar-refractivity contribution in [1.82, 2.24) is 4.98 Å². The van der Waals surface area contributed by atoms with E-state index in [0.717, 1.165) is 0 Å². The van der Waals surface area contributed by atoms with Crippen LogP contribution in [0.3, 0.4) is 0 Å². The highest BCUT2D eigenvalue weighted by Gasteiger charge is 2.46. The van der Waals surface area contributed by atoms with Gasteiger partial charge in [0.1, 0.15) is 5.01 Å². The van der Waals surface area contributed by atoms with Crippen molar-refractivity contribution in [3.63, 3.8) is 0 Å². The van der Waals surface area contributed by atoms with Gasteiger partial charge in [0.2, 0.25) is 0 Å². The van der Waals surface area contributed by atoms with Crippen LogP contribution in [0, 0.1) is 17.0 Å². The van der Waals surface area contributed by atoms with Gasteiger partial charge in [0.15, 0.2) is 0 Å². The lowest BCUT2D eigenvalue weighted by Gasteiger charge is -2.15. The molecule has 1 atom stereocenters. The number of aromatic nitrogens is 1. The van der Waals surface area contributed by atoms with E-state index in [0.29, 0.717) is 17.0 Å². The van der Waals surface area contributed by atoms with E-state index in [1.807, 2.05) is 0 Å². The van der Waals surface area contributed by atoms with Gasteiger partial charge in [0.05, 0.1) is 0 Å². The molecule has 0 aliphatic heterocycles. The molecular formula is C6H5F3N2O3S. The van der Waals surface area contributed by atoms with Gasteiger partial charge in [-0.25, -0.2) is 4.98 Å². The molecule has 0 aliphatic rings. The van der Waals surface area contributed by atoms with Crippen LogP contribution >= 0.6 is 11.3 Å². The van der Waals surface area contributed by atoms with Crippen LogP contribution in [0.4, 0.5) is 13.2 Å². The highest BCUT2D eigenvalue weighted by molar-refractivity contribution is 7.09. The monoisotopic (exact) mass is 242 g/mol. The molecule has 0 N–H and O–H groups in total. The molecule has 0 amide bonds. The van der Waals surface area contributed by atoms with Crippen molar-refractivity contribution in [3.05, 3.63) is 26.2 Å². The molecule has 0 aliphatic carbocycles. The zero-order chi connectivity index (χ0) is 11.6. The van der Waals surface area contributed by atoms with E-state index >= 15 is 0 Å². The summed E-state index contributed by atoms with van der Waals surface area (Å²) >= 11 is 0.666. The average molecular weight is 242 g/mol. The predicted molar refractivity (Wildman–Crippen MR) is 43.7 cm³/mol. The summed E-state index contributed by atoms with van der Waals surface area (Å²) in [6.45, 7) is 1.49. The largest absolute Gasteiger partial charge is 0.421 e. The summed E-state index contributed by atoms with van der Waals surface area (Å²) in [6, 6.07) is 0. The number of nitrogens with zero attached hydrogens (tertiary/aromatic N) is 2. The molecule has 1 aromatic rings. The number of rotatable bonds is 3. The number of hydrogen-bond acceptors (Lipinski definition) is 5. The van der Waals surface area contributed by atoms with E-state index in [9.17, 15) is 23.3 Å². The van der Waals surface area contributed by atoms with E-state index in [1.54, 1.807) is 0 Å². The summed E-state index contributed by atoms with van der Waals surface area (Å²) in [5.41, 5.74) is 0.358. The van der Waals surface area contributed by atoms with Crippen LogP contribution in [-0.4, -0.2) is 16.2 Å². The van der Waals surface area contributed by atoms with Gasteiger partial charge in [0, 0.05) is 11.1 Å². The minimum atomic E-state index is -4.85. The number of thiazole rings is 1. The summed E-state index contributed by atoms with van der Waals surface area (Å²) in [5, 5.41) is 9.30. The molecule has 0 aromatic carbocycles. The van der Waals surface area contributed by atoms with Crippen molar-refractivity contribution < 1.29 is 23.1 Å². The van der Waals surface area contributed by atoms with Gasteiger partial charge < -0.3 is 0 Å². The minimum Gasteiger partial charge on any atom is -0.293 e. The van der Waals surface area contributed by atoms with E-state index in [1.165, 1.54) is 12.3 Å². The summed E-state index contributed by atoms with van der Waals surface area (Å²) in [5.74, 6) is 0. The number of hydrogen-bond donors (Lipinski definition) is 0. The Bertz CT molecular complexity index is 365. The molecule has 1 heterocycles. The fraction of sp³-hybridized carbons (Fsp3) is 0.500. The van der Waals surface area contributed by atoms with Gasteiger partial charge in [-0.2, -0.15) is 13.2 Å². The third-order valence-corrected chi connectivity index (χ3v) is 2.36. The summed E-state index contributed by atoms with van der Waals surface area (Å²) < 4.78 is 36.9. The first-order chi connectivity index (χ1) is 6.80. The van der Waals surface area contributed by atoms with Gasteiger partial charge in [-0.15, -0.1) is 21.5 Å². The molecule has 5 nitrogen and oxygen atoms in total. The Morgan fingerprint density at radius 2 is 2.27 bits per heavy atom. The van der Waals surface area contributed by atoms with E-state index in [4.69, 9.17) is 0 Å². The number of alkyl halides is 3. The minimum absolute atomic E-state index is 0.358. The fourth-order valence-electron chi connectivity index (χ4n) is 0.824. The third kappa shape index (κ3) is 3.05. The maximum Gasteiger partial charge on any atom is 0.421 e. The lowest BCUT2D eigenvalue weighted by atomic mass is 10.3. The van der Waals surface area contributed by atoms with Gasteiger partial charge in [-0.05, 0) is 6.92 Å². The van der Waals surface area contributed by atoms with Crippen molar-refractivity contribution in [2.75, 3.05) is 0 Å². The van der Waals surface area contributed by atoms with Crippen molar-refractivity contribution in [1.29, 1.82) is 0 Å². The second-order valence-corrected chi connectivity index (χ2v) is 3.47. The van der Waals surface area contributed by atoms with Crippen molar-refractivity contribution >= 4 is 11.3 Å². The molecular weight excluding hydrogens is 237 g/mol.